The fourth-order valence-corrected chi connectivity index (χ4v) is 3.93. The van der Waals surface area contributed by atoms with E-state index in [-0.39, 0.29) is 25.5 Å². The Kier molecular flexibility index (Phi) is 8.21. The van der Waals surface area contributed by atoms with Crippen LogP contribution in [0.2, 0.25) is 0 Å². The van der Waals surface area contributed by atoms with Gasteiger partial charge in [-0.2, -0.15) is 0 Å². The number of ether oxygens (including phenoxy) is 2. The first kappa shape index (κ1) is 24.4. The molecule has 0 aliphatic carbocycles. The van der Waals surface area contributed by atoms with Crippen LogP contribution in [0.15, 0.2) is 46.9 Å². The Balaban J connectivity index is 1.54. The van der Waals surface area contributed by atoms with Gasteiger partial charge < -0.3 is 19.7 Å². The number of hydrogen-bond donors (Lipinski definition) is 1. The van der Waals surface area contributed by atoms with Gasteiger partial charge in [0.2, 0.25) is 5.91 Å². The van der Waals surface area contributed by atoms with E-state index >= 15 is 0 Å². The van der Waals surface area contributed by atoms with E-state index in [1.165, 1.54) is 4.90 Å². The zero-order valence-corrected chi connectivity index (χ0v) is 20.0. The lowest BCUT2D eigenvalue weighted by Crippen LogP contribution is -2.28. The number of benzene rings is 2. The molecule has 1 fully saturated rings. The second-order valence-electron chi connectivity index (χ2n) is 7.48. The minimum Gasteiger partial charge on any atom is -0.462 e. The quantitative estimate of drug-likeness (QED) is 0.536. The topological polar surface area (TPSA) is 102 Å². The van der Waals surface area contributed by atoms with Crippen LogP contribution >= 0.6 is 15.9 Å². The van der Waals surface area contributed by atoms with E-state index in [9.17, 15) is 19.2 Å². The standard InChI is InChI=1S/C24H25BrN2O6/c1-3-15-11-18(25)7-10-20(15)26-21(28)14-33-24(31)17-12-22(29)27(13-17)19-8-5-16(6-9-19)23(30)32-4-2/h5-11,17H,3-4,12-14H2,1-2H3,(H,26,28)/t17-/m1/s1. The van der Waals surface area contributed by atoms with Crippen LogP contribution in [0.25, 0.3) is 0 Å². The number of aryl methyl sites for hydroxylation is 1. The van der Waals surface area contributed by atoms with E-state index < -0.39 is 30.4 Å². The van der Waals surface area contributed by atoms with Gasteiger partial charge in [-0.25, -0.2) is 4.79 Å². The third-order valence-corrected chi connectivity index (χ3v) is 5.71. The Morgan fingerprint density at radius 2 is 1.82 bits per heavy atom. The molecule has 33 heavy (non-hydrogen) atoms. The zero-order valence-electron chi connectivity index (χ0n) is 18.4. The first-order valence-electron chi connectivity index (χ1n) is 10.6. The molecule has 2 aromatic rings. The lowest BCUT2D eigenvalue weighted by molar-refractivity contribution is -0.151. The lowest BCUT2D eigenvalue weighted by Gasteiger charge is -2.17. The van der Waals surface area contributed by atoms with Crippen molar-refractivity contribution >= 4 is 51.1 Å². The molecule has 0 radical (unpaired) electrons. The average molecular weight is 517 g/mol. The molecule has 0 unspecified atom stereocenters. The van der Waals surface area contributed by atoms with Gasteiger partial charge in [-0.3, -0.25) is 14.4 Å². The van der Waals surface area contributed by atoms with E-state index in [2.05, 4.69) is 21.2 Å². The van der Waals surface area contributed by atoms with Crippen LogP contribution in [-0.4, -0.2) is 43.5 Å². The molecular weight excluding hydrogens is 492 g/mol. The Labute approximate surface area is 200 Å². The molecule has 0 saturated carbocycles. The van der Waals surface area contributed by atoms with Crippen molar-refractivity contribution < 1.29 is 28.7 Å². The number of nitrogens with zero attached hydrogens (tertiary/aromatic N) is 1. The van der Waals surface area contributed by atoms with Crippen molar-refractivity contribution in [2.45, 2.75) is 26.7 Å². The Morgan fingerprint density at radius 3 is 2.48 bits per heavy atom. The van der Waals surface area contributed by atoms with Gasteiger partial charge in [0.15, 0.2) is 6.61 Å². The minimum absolute atomic E-state index is 0.00717. The summed E-state index contributed by atoms with van der Waals surface area (Å²) in [7, 11) is 0. The van der Waals surface area contributed by atoms with Crippen LogP contribution in [0.5, 0.6) is 0 Å². The lowest BCUT2D eigenvalue weighted by atomic mass is 10.1. The molecule has 1 atom stereocenters. The molecule has 0 spiro atoms. The maximum Gasteiger partial charge on any atom is 0.338 e. The van der Waals surface area contributed by atoms with Crippen LogP contribution < -0.4 is 10.2 Å². The van der Waals surface area contributed by atoms with Gasteiger partial charge in [0.05, 0.1) is 18.1 Å². The summed E-state index contributed by atoms with van der Waals surface area (Å²) >= 11 is 3.40. The summed E-state index contributed by atoms with van der Waals surface area (Å²) in [4.78, 5) is 50.4. The van der Waals surface area contributed by atoms with Crippen molar-refractivity contribution in [2.75, 3.05) is 30.0 Å². The van der Waals surface area contributed by atoms with Crippen LogP contribution in [0, 0.1) is 5.92 Å². The second-order valence-corrected chi connectivity index (χ2v) is 8.40. The number of halogens is 1. The molecule has 2 aromatic carbocycles. The minimum atomic E-state index is -0.672. The average Bonchev–Trinajstić information content (AvgIpc) is 3.20. The van der Waals surface area contributed by atoms with Crippen LogP contribution in [-0.2, 0) is 30.3 Å². The number of esters is 2. The number of anilines is 2. The van der Waals surface area contributed by atoms with Crippen LogP contribution in [0.4, 0.5) is 11.4 Å². The van der Waals surface area contributed by atoms with Crippen molar-refractivity contribution in [1.29, 1.82) is 0 Å². The number of amides is 2. The first-order valence-corrected chi connectivity index (χ1v) is 11.4. The van der Waals surface area contributed by atoms with Crippen molar-refractivity contribution in [3.05, 3.63) is 58.1 Å². The number of carbonyl (C=O) groups is 4. The summed E-state index contributed by atoms with van der Waals surface area (Å²) in [6.07, 6.45) is 0.725. The normalized spacial score (nSPS) is 15.3. The Hall–Kier alpha value is -3.20. The molecule has 8 nitrogen and oxygen atoms in total. The van der Waals surface area contributed by atoms with E-state index in [4.69, 9.17) is 9.47 Å². The summed E-state index contributed by atoms with van der Waals surface area (Å²) in [6, 6.07) is 11.9. The summed E-state index contributed by atoms with van der Waals surface area (Å²) < 4.78 is 11.0. The highest BCUT2D eigenvalue weighted by Crippen LogP contribution is 2.26. The van der Waals surface area contributed by atoms with Crippen molar-refractivity contribution in [3.8, 4) is 0 Å². The van der Waals surface area contributed by atoms with Crippen molar-refractivity contribution in [3.63, 3.8) is 0 Å². The third-order valence-electron chi connectivity index (χ3n) is 5.22. The van der Waals surface area contributed by atoms with Crippen molar-refractivity contribution in [1.82, 2.24) is 0 Å². The smallest absolute Gasteiger partial charge is 0.338 e. The van der Waals surface area contributed by atoms with E-state index in [1.807, 2.05) is 19.1 Å². The monoisotopic (exact) mass is 516 g/mol. The predicted octanol–water partition coefficient (Wildman–Crippen LogP) is 3.72. The number of rotatable bonds is 8. The summed E-state index contributed by atoms with van der Waals surface area (Å²) in [5, 5.41) is 2.75. The molecule has 174 valence electrons. The number of carbonyl (C=O) groups excluding carboxylic acids is 4. The molecule has 1 saturated heterocycles. The van der Waals surface area contributed by atoms with Gasteiger partial charge in [-0.05, 0) is 61.4 Å². The Bertz CT molecular complexity index is 1050. The van der Waals surface area contributed by atoms with Gasteiger partial charge in [-0.15, -0.1) is 0 Å². The number of nitrogens with one attached hydrogen (secondary N) is 1. The number of hydrogen-bond acceptors (Lipinski definition) is 6. The van der Waals surface area contributed by atoms with Gasteiger partial charge in [-0.1, -0.05) is 22.9 Å². The fourth-order valence-electron chi connectivity index (χ4n) is 3.52. The molecule has 1 aliphatic rings. The molecule has 1 N–H and O–H groups in total. The molecule has 3 rings (SSSR count). The molecule has 1 heterocycles. The summed E-state index contributed by atoms with van der Waals surface area (Å²) in [5.41, 5.74) is 2.57. The van der Waals surface area contributed by atoms with Crippen molar-refractivity contribution in [2.24, 2.45) is 5.92 Å². The molecule has 1 aliphatic heterocycles. The largest absolute Gasteiger partial charge is 0.462 e. The molecular formula is C24H25BrN2O6. The predicted molar refractivity (Wildman–Crippen MR) is 126 cm³/mol. The zero-order chi connectivity index (χ0) is 24.0. The van der Waals surface area contributed by atoms with Gasteiger partial charge in [0, 0.05) is 28.8 Å². The second kappa shape index (κ2) is 11.1. The SMILES string of the molecule is CCOC(=O)c1ccc(N2C[C@H](C(=O)OCC(=O)Nc3ccc(Br)cc3CC)CC2=O)cc1. The maximum atomic E-state index is 12.5. The van der Waals surface area contributed by atoms with Gasteiger partial charge in [0.1, 0.15) is 0 Å². The third kappa shape index (κ3) is 6.19. The summed E-state index contributed by atoms with van der Waals surface area (Å²) in [5.74, 6) is -2.39. The fraction of sp³-hybridized carbons (Fsp3) is 0.333. The van der Waals surface area contributed by atoms with E-state index in [0.717, 1.165) is 16.5 Å². The molecule has 0 aromatic heterocycles. The highest BCUT2D eigenvalue weighted by molar-refractivity contribution is 9.10. The molecule has 0 bridgehead atoms. The van der Waals surface area contributed by atoms with E-state index in [0.29, 0.717) is 16.9 Å². The van der Waals surface area contributed by atoms with Crippen LogP contribution in [0.3, 0.4) is 0 Å². The highest BCUT2D eigenvalue weighted by atomic mass is 79.9. The van der Waals surface area contributed by atoms with Gasteiger partial charge in [0.25, 0.3) is 5.91 Å². The van der Waals surface area contributed by atoms with Crippen LogP contribution in [0.1, 0.15) is 36.2 Å². The van der Waals surface area contributed by atoms with Gasteiger partial charge >= 0.3 is 11.9 Å². The summed E-state index contributed by atoms with van der Waals surface area (Å²) in [6.45, 7) is 3.68. The van der Waals surface area contributed by atoms with E-state index in [1.54, 1.807) is 37.3 Å². The molecule has 9 heteroatoms. The first-order chi connectivity index (χ1) is 15.8. The Morgan fingerprint density at radius 1 is 1.09 bits per heavy atom. The maximum absolute atomic E-state index is 12.5. The molecule has 2 amide bonds. The highest BCUT2D eigenvalue weighted by Gasteiger charge is 2.36.